The largest absolute Gasteiger partial charge is 0.462 e. The van der Waals surface area contributed by atoms with E-state index in [1.807, 2.05) is 0 Å². The van der Waals surface area contributed by atoms with E-state index in [9.17, 15) is 14.0 Å². The molecule has 0 saturated carbocycles. The van der Waals surface area contributed by atoms with Gasteiger partial charge in [0.1, 0.15) is 22.9 Å². The third-order valence-electron chi connectivity index (χ3n) is 3.85. The summed E-state index contributed by atoms with van der Waals surface area (Å²) in [7, 11) is 0. The molecule has 3 rings (SSSR count). The Bertz CT molecular complexity index is 931. The molecule has 25 heavy (non-hydrogen) atoms. The molecule has 0 fully saturated rings. The highest BCUT2D eigenvalue weighted by Crippen LogP contribution is 2.41. The second-order valence-corrected chi connectivity index (χ2v) is 5.48. The predicted octanol–water partition coefficient (Wildman–Crippen LogP) is 2.35. The van der Waals surface area contributed by atoms with E-state index in [2.05, 4.69) is 0 Å². The molecule has 7 heteroatoms. The molecular formula is C18H16FNO5. The number of carbonyl (C=O) groups is 1. The molecule has 1 atom stereocenters. The van der Waals surface area contributed by atoms with Crippen LogP contribution in [0.2, 0.25) is 0 Å². The third-order valence-corrected chi connectivity index (χ3v) is 3.85. The van der Waals surface area contributed by atoms with E-state index in [4.69, 9.17) is 19.6 Å². The quantitative estimate of drug-likeness (QED) is 0.859. The van der Waals surface area contributed by atoms with Gasteiger partial charge in [0.05, 0.1) is 18.1 Å². The first-order chi connectivity index (χ1) is 11.9. The second-order valence-electron chi connectivity index (χ2n) is 5.48. The number of fused-ring (bicyclic) bond motifs is 1. The SMILES string of the molecule is CCOC(=O)C1=C(N)Oc2cc(C)oc(=O)c2[C@@H]1c1ccccc1F. The van der Waals surface area contributed by atoms with E-state index in [0.717, 1.165) is 0 Å². The molecule has 0 amide bonds. The Morgan fingerprint density at radius 1 is 1.36 bits per heavy atom. The molecule has 0 radical (unpaired) electrons. The van der Waals surface area contributed by atoms with Crippen LogP contribution in [0.1, 0.15) is 29.7 Å². The molecular weight excluding hydrogens is 329 g/mol. The second kappa shape index (κ2) is 6.43. The molecule has 1 aliphatic heterocycles. The van der Waals surface area contributed by atoms with Gasteiger partial charge in [0, 0.05) is 11.6 Å². The number of benzene rings is 1. The Labute approximate surface area is 142 Å². The molecule has 2 aromatic rings. The van der Waals surface area contributed by atoms with Crippen LogP contribution in [0.15, 0.2) is 51.0 Å². The lowest BCUT2D eigenvalue weighted by atomic mass is 9.83. The third kappa shape index (κ3) is 2.88. The van der Waals surface area contributed by atoms with Crippen LogP contribution >= 0.6 is 0 Å². The first kappa shape index (κ1) is 16.8. The van der Waals surface area contributed by atoms with Crippen molar-refractivity contribution in [2.75, 3.05) is 6.61 Å². The van der Waals surface area contributed by atoms with Crippen LogP contribution in [-0.4, -0.2) is 12.6 Å². The van der Waals surface area contributed by atoms with Crippen molar-refractivity contribution in [1.29, 1.82) is 0 Å². The maximum Gasteiger partial charge on any atom is 0.343 e. The van der Waals surface area contributed by atoms with Crippen molar-refractivity contribution in [2.45, 2.75) is 19.8 Å². The highest BCUT2D eigenvalue weighted by molar-refractivity contribution is 5.92. The van der Waals surface area contributed by atoms with Crippen LogP contribution in [0.25, 0.3) is 0 Å². The Morgan fingerprint density at radius 2 is 2.08 bits per heavy atom. The van der Waals surface area contributed by atoms with Gasteiger partial charge in [-0.05, 0) is 19.9 Å². The van der Waals surface area contributed by atoms with Gasteiger partial charge in [0.25, 0.3) is 0 Å². The van der Waals surface area contributed by atoms with Crippen molar-refractivity contribution >= 4 is 5.97 Å². The van der Waals surface area contributed by atoms with Gasteiger partial charge < -0.3 is 19.6 Å². The number of halogens is 1. The van der Waals surface area contributed by atoms with Gasteiger partial charge in [-0.3, -0.25) is 0 Å². The summed E-state index contributed by atoms with van der Waals surface area (Å²) in [6.07, 6.45) is 0. The van der Waals surface area contributed by atoms with Gasteiger partial charge in [-0.25, -0.2) is 14.0 Å². The summed E-state index contributed by atoms with van der Waals surface area (Å²) in [5, 5.41) is 0. The van der Waals surface area contributed by atoms with Crippen LogP contribution in [-0.2, 0) is 9.53 Å². The lowest BCUT2D eigenvalue weighted by molar-refractivity contribution is -0.139. The minimum atomic E-state index is -1.08. The first-order valence-corrected chi connectivity index (χ1v) is 7.67. The average Bonchev–Trinajstić information content (AvgIpc) is 2.53. The average molecular weight is 345 g/mol. The zero-order valence-electron chi connectivity index (χ0n) is 13.7. The van der Waals surface area contributed by atoms with Crippen LogP contribution in [0.3, 0.4) is 0 Å². The molecule has 0 bridgehead atoms. The molecule has 130 valence electrons. The summed E-state index contributed by atoms with van der Waals surface area (Å²) < 4.78 is 30.0. The summed E-state index contributed by atoms with van der Waals surface area (Å²) in [6.45, 7) is 3.29. The molecule has 0 aliphatic carbocycles. The van der Waals surface area contributed by atoms with Crippen LogP contribution < -0.4 is 16.1 Å². The lowest BCUT2D eigenvalue weighted by Gasteiger charge is -2.27. The van der Waals surface area contributed by atoms with Gasteiger partial charge in [-0.1, -0.05) is 18.2 Å². The number of rotatable bonds is 3. The summed E-state index contributed by atoms with van der Waals surface area (Å²) >= 11 is 0. The number of hydrogen-bond acceptors (Lipinski definition) is 6. The fourth-order valence-electron chi connectivity index (χ4n) is 2.85. The summed E-state index contributed by atoms with van der Waals surface area (Å²) in [5.74, 6) is -2.24. The number of nitrogens with two attached hydrogens (primary N) is 1. The van der Waals surface area contributed by atoms with Gasteiger partial charge in [0.15, 0.2) is 0 Å². The fraction of sp³-hybridized carbons (Fsp3) is 0.222. The predicted molar refractivity (Wildman–Crippen MR) is 86.4 cm³/mol. The maximum atomic E-state index is 14.4. The molecule has 0 saturated heterocycles. The Hall–Kier alpha value is -3.09. The summed E-state index contributed by atoms with van der Waals surface area (Å²) in [6, 6.07) is 7.29. The van der Waals surface area contributed by atoms with Gasteiger partial charge in [0.2, 0.25) is 5.88 Å². The van der Waals surface area contributed by atoms with E-state index < -0.39 is 23.3 Å². The van der Waals surface area contributed by atoms with E-state index in [-0.39, 0.29) is 34.9 Å². The highest BCUT2D eigenvalue weighted by atomic mass is 19.1. The minimum Gasteiger partial charge on any atom is -0.462 e. The molecule has 2 N–H and O–H groups in total. The lowest BCUT2D eigenvalue weighted by Crippen LogP contribution is -2.31. The molecule has 0 spiro atoms. The van der Waals surface area contributed by atoms with E-state index in [1.165, 1.54) is 24.3 Å². The summed E-state index contributed by atoms with van der Waals surface area (Å²) in [4.78, 5) is 24.8. The number of ether oxygens (including phenoxy) is 2. The molecule has 2 heterocycles. The Morgan fingerprint density at radius 3 is 2.76 bits per heavy atom. The number of hydrogen-bond donors (Lipinski definition) is 1. The molecule has 6 nitrogen and oxygen atoms in total. The van der Waals surface area contributed by atoms with Gasteiger partial charge in [-0.2, -0.15) is 0 Å². The number of aryl methyl sites for hydroxylation is 1. The first-order valence-electron chi connectivity index (χ1n) is 7.67. The summed E-state index contributed by atoms with van der Waals surface area (Å²) in [5.41, 5.74) is 5.16. The maximum absolute atomic E-state index is 14.4. The monoisotopic (exact) mass is 345 g/mol. The van der Waals surface area contributed by atoms with Gasteiger partial charge in [-0.15, -0.1) is 0 Å². The molecule has 1 aromatic carbocycles. The normalized spacial score (nSPS) is 16.2. The topological polar surface area (TPSA) is 91.8 Å². The fourth-order valence-corrected chi connectivity index (χ4v) is 2.85. The van der Waals surface area contributed by atoms with E-state index in [1.54, 1.807) is 19.9 Å². The Kier molecular flexibility index (Phi) is 4.31. The number of esters is 1. The zero-order valence-corrected chi connectivity index (χ0v) is 13.7. The standard InChI is InChI=1S/C18H16FNO5/c1-3-23-17(21)15-13(10-6-4-5-7-11(10)19)14-12(25-16(15)20)8-9(2)24-18(14)22/h4-8,13H,3,20H2,1-2H3/t13-/m0/s1. The van der Waals surface area contributed by atoms with E-state index >= 15 is 0 Å². The molecule has 1 aromatic heterocycles. The van der Waals surface area contributed by atoms with E-state index in [0.29, 0.717) is 5.76 Å². The van der Waals surface area contributed by atoms with Crippen molar-refractivity contribution < 1.29 is 23.1 Å². The molecule has 0 unspecified atom stereocenters. The van der Waals surface area contributed by atoms with Crippen molar-refractivity contribution in [1.82, 2.24) is 0 Å². The minimum absolute atomic E-state index is 0.00736. The van der Waals surface area contributed by atoms with Gasteiger partial charge >= 0.3 is 11.6 Å². The molecule has 1 aliphatic rings. The van der Waals surface area contributed by atoms with Crippen LogP contribution in [0.5, 0.6) is 5.75 Å². The van der Waals surface area contributed by atoms with Crippen molar-refractivity contribution in [3.05, 3.63) is 74.9 Å². The Balaban J connectivity index is 2.30. The van der Waals surface area contributed by atoms with Crippen molar-refractivity contribution in [2.24, 2.45) is 5.73 Å². The van der Waals surface area contributed by atoms with Crippen LogP contribution in [0, 0.1) is 12.7 Å². The van der Waals surface area contributed by atoms with Crippen molar-refractivity contribution in [3.63, 3.8) is 0 Å². The smallest absolute Gasteiger partial charge is 0.343 e. The highest BCUT2D eigenvalue weighted by Gasteiger charge is 2.39. The van der Waals surface area contributed by atoms with Crippen molar-refractivity contribution in [3.8, 4) is 5.75 Å². The number of carbonyl (C=O) groups excluding carboxylic acids is 1. The van der Waals surface area contributed by atoms with Crippen LogP contribution in [0.4, 0.5) is 4.39 Å². The zero-order chi connectivity index (χ0) is 18.1.